The molecule has 3 saturated heterocycles. The van der Waals surface area contributed by atoms with E-state index in [0.29, 0.717) is 51.9 Å². The van der Waals surface area contributed by atoms with E-state index in [4.69, 9.17) is 0 Å². The summed E-state index contributed by atoms with van der Waals surface area (Å²) in [7, 11) is 0. The molecule has 3 atom stereocenters. The first-order valence-corrected chi connectivity index (χ1v) is 13.7. The molecule has 3 aliphatic heterocycles. The molecule has 0 spiro atoms. The summed E-state index contributed by atoms with van der Waals surface area (Å²) in [4.78, 5) is 45.9. The fourth-order valence-corrected chi connectivity index (χ4v) is 6.28. The Kier molecular flexibility index (Phi) is 7.88. The van der Waals surface area contributed by atoms with Crippen molar-refractivity contribution in [2.75, 3.05) is 57.4 Å². The molecule has 0 bridgehead atoms. The molecular weight excluding hydrogens is 456 g/mol. The van der Waals surface area contributed by atoms with E-state index in [-0.39, 0.29) is 35.6 Å². The van der Waals surface area contributed by atoms with Gasteiger partial charge in [0, 0.05) is 45.3 Å². The minimum atomic E-state index is -0.275. The van der Waals surface area contributed by atoms with Crippen molar-refractivity contribution < 1.29 is 14.4 Å². The number of likely N-dealkylation sites (tertiary alicyclic amines) is 1. The number of benzene rings is 1. The van der Waals surface area contributed by atoms with Crippen molar-refractivity contribution in [2.45, 2.75) is 51.1 Å². The molecular formula is C27H40N6O3. The number of anilines is 1. The van der Waals surface area contributed by atoms with Crippen LogP contribution >= 0.6 is 0 Å². The Morgan fingerprint density at radius 1 is 0.972 bits per heavy atom. The van der Waals surface area contributed by atoms with Gasteiger partial charge in [-0.2, -0.15) is 0 Å². The van der Waals surface area contributed by atoms with Gasteiger partial charge in [0.1, 0.15) is 0 Å². The lowest BCUT2D eigenvalue weighted by molar-refractivity contribution is -0.141. The summed E-state index contributed by atoms with van der Waals surface area (Å²) in [6, 6.07) is 9.73. The van der Waals surface area contributed by atoms with E-state index < -0.39 is 0 Å². The van der Waals surface area contributed by atoms with E-state index in [9.17, 15) is 14.4 Å². The minimum absolute atomic E-state index is 0.0379. The molecule has 5 rings (SSSR count). The van der Waals surface area contributed by atoms with E-state index in [2.05, 4.69) is 27.5 Å². The summed E-state index contributed by atoms with van der Waals surface area (Å²) >= 11 is 0. The van der Waals surface area contributed by atoms with Crippen molar-refractivity contribution in [3.05, 3.63) is 30.3 Å². The van der Waals surface area contributed by atoms with Crippen LogP contribution in [0.1, 0.15) is 39.0 Å². The van der Waals surface area contributed by atoms with Gasteiger partial charge < -0.3 is 15.1 Å². The van der Waals surface area contributed by atoms with Crippen LogP contribution in [0.5, 0.6) is 0 Å². The van der Waals surface area contributed by atoms with E-state index in [1.165, 1.54) is 19.3 Å². The molecule has 3 unspecified atom stereocenters. The summed E-state index contributed by atoms with van der Waals surface area (Å²) < 4.78 is 0. The third-order valence-corrected chi connectivity index (χ3v) is 8.39. The van der Waals surface area contributed by atoms with E-state index in [1.54, 1.807) is 5.01 Å². The number of piperidine rings is 1. The zero-order valence-corrected chi connectivity index (χ0v) is 21.4. The molecule has 4 fully saturated rings. The van der Waals surface area contributed by atoms with Crippen molar-refractivity contribution in [1.82, 2.24) is 25.4 Å². The van der Waals surface area contributed by atoms with Crippen LogP contribution in [0.4, 0.5) is 5.69 Å². The average molecular weight is 497 g/mol. The first kappa shape index (κ1) is 25.2. The fourth-order valence-electron chi connectivity index (χ4n) is 6.28. The van der Waals surface area contributed by atoms with Crippen molar-refractivity contribution in [2.24, 2.45) is 11.8 Å². The summed E-state index contributed by atoms with van der Waals surface area (Å²) in [6.45, 7) is 7.26. The smallest absolute Gasteiger partial charge is 0.247 e. The van der Waals surface area contributed by atoms with Crippen molar-refractivity contribution in [1.29, 1.82) is 0 Å². The third-order valence-electron chi connectivity index (χ3n) is 8.39. The highest BCUT2D eigenvalue weighted by Crippen LogP contribution is 2.32. The highest BCUT2D eigenvalue weighted by atomic mass is 16.2. The largest absolute Gasteiger partial charge is 0.352 e. The van der Waals surface area contributed by atoms with Gasteiger partial charge in [0.25, 0.3) is 0 Å². The predicted octanol–water partition coefficient (Wildman–Crippen LogP) is 1.07. The molecule has 196 valence electrons. The number of hydrogen-bond donors (Lipinski definition) is 2. The lowest BCUT2D eigenvalue weighted by Crippen LogP contribution is -2.60. The van der Waals surface area contributed by atoms with Gasteiger partial charge in [-0.25, -0.2) is 10.4 Å². The van der Waals surface area contributed by atoms with Crippen LogP contribution in [0.3, 0.4) is 0 Å². The number of rotatable bonds is 6. The molecule has 1 aromatic rings. The Labute approximate surface area is 214 Å². The normalized spacial score (nSPS) is 28.2. The predicted molar refractivity (Wildman–Crippen MR) is 138 cm³/mol. The van der Waals surface area contributed by atoms with Gasteiger partial charge in [0.15, 0.2) is 0 Å². The number of nitrogens with one attached hydrogen (secondary N) is 2. The van der Waals surface area contributed by atoms with Crippen LogP contribution in [0.2, 0.25) is 0 Å². The molecule has 0 radical (unpaired) electrons. The summed E-state index contributed by atoms with van der Waals surface area (Å²) in [6.07, 6.45) is 5.85. The van der Waals surface area contributed by atoms with Gasteiger partial charge in [-0.3, -0.25) is 19.3 Å². The molecule has 36 heavy (non-hydrogen) atoms. The van der Waals surface area contributed by atoms with Gasteiger partial charge in [0.05, 0.1) is 30.1 Å². The number of carbonyl (C=O) groups excluding carboxylic acids is 3. The SMILES string of the molecule is CCN1CC(C(=O)N2CCN(CC(=O)NC3CCCCC3)CC2)C2NN(c3ccccc3)C(=O)C2C1. The quantitative estimate of drug-likeness (QED) is 0.613. The number of para-hydroxylation sites is 1. The average Bonchev–Trinajstić information content (AvgIpc) is 3.25. The Bertz CT molecular complexity index is 929. The third kappa shape index (κ3) is 5.43. The standard InChI is InChI=1S/C27H40N6O3/c1-2-30-17-22(25-23(18-30)27(36)33(29-25)21-11-7-4-8-12-21)26(35)32-15-13-31(14-16-32)19-24(34)28-20-9-5-3-6-10-20/h4,7-8,11-12,20,22-23,25,29H,2-3,5-6,9-10,13-19H2,1H3,(H,28,34). The molecule has 2 N–H and O–H groups in total. The molecule has 9 nitrogen and oxygen atoms in total. The maximum atomic E-state index is 13.7. The van der Waals surface area contributed by atoms with Crippen LogP contribution in [0.25, 0.3) is 0 Å². The van der Waals surface area contributed by atoms with Crippen LogP contribution in [-0.2, 0) is 14.4 Å². The summed E-state index contributed by atoms with van der Waals surface area (Å²) in [5.41, 5.74) is 4.20. The molecule has 1 aliphatic carbocycles. The first-order chi connectivity index (χ1) is 17.5. The number of piperazine rings is 1. The number of amides is 3. The van der Waals surface area contributed by atoms with Crippen LogP contribution in [-0.4, -0.2) is 96.9 Å². The number of carbonyl (C=O) groups is 3. The second-order valence-corrected chi connectivity index (χ2v) is 10.7. The highest BCUT2D eigenvalue weighted by molar-refractivity contribution is 5.98. The van der Waals surface area contributed by atoms with Gasteiger partial charge in [0.2, 0.25) is 17.7 Å². The molecule has 9 heteroatoms. The maximum Gasteiger partial charge on any atom is 0.247 e. The van der Waals surface area contributed by atoms with Crippen LogP contribution in [0, 0.1) is 11.8 Å². The van der Waals surface area contributed by atoms with Crippen molar-refractivity contribution in [3.63, 3.8) is 0 Å². The van der Waals surface area contributed by atoms with Crippen molar-refractivity contribution >= 4 is 23.4 Å². The first-order valence-electron chi connectivity index (χ1n) is 13.7. The van der Waals surface area contributed by atoms with Crippen LogP contribution < -0.4 is 15.8 Å². The number of fused-ring (bicyclic) bond motifs is 1. The number of hydrogen-bond acceptors (Lipinski definition) is 6. The maximum absolute atomic E-state index is 13.7. The zero-order valence-electron chi connectivity index (χ0n) is 21.4. The minimum Gasteiger partial charge on any atom is -0.352 e. The zero-order chi connectivity index (χ0) is 25.1. The topological polar surface area (TPSA) is 88.2 Å². The van der Waals surface area contributed by atoms with Crippen molar-refractivity contribution in [3.8, 4) is 0 Å². The van der Waals surface area contributed by atoms with Gasteiger partial charge >= 0.3 is 0 Å². The van der Waals surface area contributed by atoms with Gasteiger partial charge in [-0.05, 0) is 31.5 Å². The second kappa shape index (κ2) is 11.3. The fraction of sp³-hybridized carbons (Fsp3) is 0.667. The Morgan fingerprint density at radius 2 is 1.69 bits per heavy atom. The molecule has 4 aliphatic rings. The Balaban J connectivity index is 1.18. The molecule has 1 saturated carbocycles. The van der Waals surface area contributed by atoms with E-state index in [1.807, 2.05) is 35.2 Å². The molecule has 1 aromatic carbocycles. The van der Waals surface area contributed by atoms with E-state index >= 15 is 0 Å². The lowest BCUT2D eigenvalue weighted by Gasteiger charge is -2.42. The van der Waals surface area contributed by atoms with Gasteiger partial charge in [-0.15, -0.1) is 0 Å². The highest BCUT2D eigenvalue weighted by Gasteiger charge is 2.51. The van der Waals surface area contributed by atoms with Crippen LogP contribution in [0.15, 0.2) is 30.3 Å². The summed E-state index contributed by atoms with van der Waals surface area (Å²) in [5, 5.41) is 4.84. The summed E-state index contributed by atoms with van der Waals surface area (Å²) in [5.74, 6) is -0.259. The lowest BCUT2D eigenvalue weighted by atomic mass is 9.83. The Morgan fingerprint density at radius 3 is 2.39 bits per heavy atom. The van der Waals surface area contributed by atoms with Gasteiger partial charge in [-0.1, -0.05) is 44.4 Å². The molecule has 3 heterocycles. The number of hydrazine groups is 1. The second-order valence-electron chi connectivity index (χ2n) is 10.7. The van der Waals surface area contributed by atoms with E-state index in [0.717, 1.165) is 25.1 Å². The monoisotopic (exact) mass is 496 g/mol. The molecule has 3 amide bonds. The Hall–Kier alpha value is -2.49. The molecule has 0 aromatic heterocycles. The number of nitrogens with zero attached hydrogens (tertiary/aromatic N) is 4.